The summed E-state index contributed by atoms with van der Waals surface area (Å²) in [4.78, 5) is 34.7. The third-order valence-corrected chi connectivity index (χ3v) is 3.83. The monoisotopic (exact) mass is 337 g/mol. The Kier molecular flexibility index (Phi) is 4.91. The van der Waals surface area contributed by atoms with Crippen LogP contribution in [0.25, 0.3) is 10.4 Å². The van der Waals surface area contributed by atoms with E-state index < -0.39 is 23.9 Å². The second-order valence-electron chi connectivity index (χ2n) is 4.27. The number of hydrogen-bond acceptors (Lipinski definition) is 5. The number of ether oxygens (including phenoxy) is 1. The zero-order valence-electron chi connectivity index (χ0n) is 11.9. The molecule has 0 aliphatic carbocycles. The van der Waals surface area contributed by atoms with Crippen molar-refractivity contribution in [1.82, 2.24) is 5.32 Å². The Labute approximate surface area is 134 Å². The molecule has 2 aromatic rings. The summed E-state index contributed by atoms with van der Waals surface area (Å²) in [6, 6.07) is 6.45. The summed E-state index contributed by atoms with van der Waals surface area (Å²) in [5.41, 5.74) is 5.43. The SMILES string of the molecule is CNC(=O)Nc1sc(-c2ccc(F)cc2)cc1C(=O)OC(N)=O. The predicted octanol–water partition coefficient (Wildman–Crippen LogP) is 2.54. The molecule has 4 N–H and O–H groups in total. The molecule has 0 unspecified atom stereocenters. The molecule has 1 aromatic heterocycles. The van der Waals surface area contributed by atoms with Gasteiger partial charge in [-0.25, -0.2) is 18.8 Å². The molecule has 2 rings (SSSR count). The molecule has 7 nitrogen and oxygen atoms in total. The average Bonchev–Trinajstić information content (AvgIpc) is 2.91. The first-order chi connectivity index (χ1) is 10.9. The van der Waals surface area contributed by atoms with E-state index in [-0.39, 0.29) is 10.6 Å². The smallest absolute Gasteiger partial charge is 0.373 e. The number of hydrogen-bond donors (Lipinski definition) is 3. The van der Waals surface area contributed by atoms with Gasteiger partial charge in [0.15, 0.2) is 0 Å². The van der Waals surface area contributed by atoms with E-state index in [1.807, 2.05) is 0 Å². The Morgan fingerprint density at radius 1 is 1.22 bits per heavy atom. The Balaban J connectivity index is 2.41. The quantitative estimate of drug-likeness (QED) is 0.590. The molecule has 0 aliphatic heterocycles. The molecule has 0 saturated heterocycles. The first kappa shape index (κ1) is 16.4. The minimum atomic E-state index is -1.25. The summed E-state index contributed by atoms with van der Waals surface area (Å²) in [5.74, 6) is -1.39. The van der Waals surface area contributed by atoms with Gasteiger partial charge < -0.3 is 15.8 Å². The van der Waals surface area contributed by atoms with E-state index in [0.717, 1.165) is 11.3 Å². The number of urea groups is 1. The molecule has 120 valence electrons. The summed E-state index contributed by atoms with van der Waals surface area (Å²) in [6.07, 6.45) is -1.25. The number of rotatable bonds is 3. The normalized spacial score (nSPS) is 10.0. The fraction of sp³-hybridized carbons (Fsp3) is 0.0714. The molecule has 9 heteroatoms. The van der Waals surface area contributed by atoms with Crippen molar-refractivity contribution in [3.05, 3.63) is 41.7 Å². The highest BCUT2D eigenvalue weighted by Gasteiger charge is 2.21. The second kappa shape index (κ2) is 6.88. The van der Waals surface area contributed by atoms with Crippen LogP contribution in [0.3, 0.4) is 0 Å². The zero-order chi connectivity index (χ0) is 17.0. The van der Waals surface area contributed by atoms with Crippen LogP contribution in [-0.2, 0) is 4.74 Å². The van der Waals surface area contributed by atoms with E-state index in [2.05, 4.69) is 15.4 Å². The summed E-state index contributed by atoms with van der Waals surface area (Å²) < 4.78 is 17.3. The highest BCUT2D eigenvalue weighted by Crippen LogP contribution is 2.36. The van der Waals surface area contributed by atoms with Gasteiger partial charge in [0.1, 0.15) is 10.8 Å². The number of carbonyl (C=O) groups is 3. The lowest BCUT2D eigenvalue weighted by Crippen LogP contribution is -2.25. The second-order valence-corrected chi connectivity index (χ2v) is 5.33. The number of primary amides is 1. The highest BCUT2D eigenvalue weighted by molar-refractivity contribution is 7.20. The minimum absolute atomic E-state index is 0.0308. The lowest BCUT2D eigenvalue weighted by Gasteiger charge is -2.03. The summed E-state index contributed by atoms with van der Waals surface area (Å²) in [5, 5.41) is 4.97. The fourth-order valence-corrected chi connectivity index (χ4v) is 2.75. The van der Waals surface area contributed by atoms with Crippen molar-refractivity contribution in [2.24, 2.45) is 5.73 Å². The molecule has 0 fully saturated rings. The van der Waals surface area contributed by atoms with Gasteiger partial charge in [0.05, 0.1) is 5.56 Å². The van der Waals surface area contributed by atoms with Gasteiger partial charge in [-0.15, -0.1) is 11.3 Å². The maximum atomic E-state index is 13.0. The Bertz CT molecular complexity index is 758. The zero-order valence-corrected chi connectivity index (χ0v) is 12.7. The lowest BCUT2D eigenvalue weighted by molar-refractivity contribution is 0.0640. The summed E-state index contributed by atoms with van der Waals surface area (Å²) in [6.45, 7) is 0. The van der Waals surface area contributed by atoms with Crippen LogP contribution in [0.15, 0.2) is 30.3 Å². The number of anilines is 1. The van der Waals surface area contributed by atoms with Crippen LogP contribution < -0.4 is 16.4 Å². The van der Waals surface area contributed by atoms with Crippen molar-refractivity contribution >= 4 is 34.4 Å². The van der Waals surface area contributed by atoms with Crippen LogP contribution in [0.1, 0.15) is 10.4 Å². The third-order valence-electron chi connectivity index (χ3n) is 2.73. The van der Waals surface area contributed by atoms with Crippen LogP contribution in [0.4, 0.5) is 19.0 Å². The molecule has 0 atom stereocenters. The average molecular weight is 337 g/mol. The van der Waals surface area contributed by atoms with Crippen LogP contribution >= 0.6 is 11.3 Å². The maximum absolute atomic E-state index is 13.0. The van der Waals surface area contributed by atoms with Gasteiger partial charge in [-0.3, -0.25) is 5.32 Å². The molecular formula is C14H12FN3O4S. The van der Waals surface area contributed by atoms with Crippen molar-refractivity contribution in [2.75, 3.05) is 12.4 Å². The summed E-state index contributed by atoms with van der Waals surface area (Å²) in [7, 11) is 1.41. The van der Waals surface area contributed by atoms with E-state index >= 15 is 0 Å². The van der Waals surface area contributed by atoms with Gasteiger partial charge in [0.25, 0.3) is 0 Å². The van der Waals surface area contributed by atoms with Gasteiger partial charge >= 0.3 is 18.1 Å². The lowest BCUT2D eigenvalue weighted by atomic mass is 10.1. The maximum Gasteiger partial charge on any atom is 0.412 e. The number of benzene rings is 1. The van der Waals surface area contributed by atoms with E-state index in [9.17, 15) is 18.8 Å². The Morgan fingerprint density at radius 2 is 1.87 bits per heavy atom. The molecule has 0 aliphatic rings. The molecule has 1 heterocycles. The molecule has 0 spiro atoms. The van der Waals surface area contributed by atoms with Gasteiger partial charge in [0.2, 0.25) is 0 Å². The van der Waals surface area contributed by atoms with Crippen molar-refractivity contribution < 1.29 is 23.5 Å². The van der Waals surface area contributed by atoms with Crippen LogP contribution in [-0.4, -0.2) is 25.1 Å². The molecule has 0 bridgehead atoms. The molecule has 3 amide bonds. The number of amides is 3. The van der Waals surface area contributed by atoms with E-state index in [1.165, 1.54) is 37.4 Å². The van der Waals surface area contributed by atoms with Crippen LogP contribution in [0, 0.1) is 5.82 Å². The number of halogens is 1. The molecule has 23 heavy (non-hydrogen) atoms. The first-order valence-corrected chi connectivity index (χ1v) is 7.12. The topological polar surface area (TPSA) is 111 Å². The minimum Gasteiger partial charge on any atom is -0.373 e. The van der Waals surface area contributed by atoms with Crippen molar-refractivity contribution in [3.63, 3.8) is 0 Å². The highest BCUT2D eigenvalue weighted by atomic mass is 32.1. The largest absolute Gasteiger partial charge is 0.412 e. The van der Waals surface area contributed by atoms with Crippen molar-refractivity contribution in [3.8, 4) is 10.4 Å². The van der Waals surface area contributed by atoms with Gasteiger partial charge in [0, 0.05) is 11.9 Å². The fourth-order valence-electron chi connectivity index (χ4n) is 1.70. The molecular weight excluding hydrogens is 325 g/mol. The molecule has 0 saturated carbocycles. The summed E-state index contributed by atoms with van der Waals surface area (Å²) >= 11 is 1.07. The van der Waals surface area contributed by atoms with E-state index in [4.69, 9.17) is 5.73 Å². The van der Waals surface area contributed by atoms with Gasteiger partial charge in [-0.05, 0) is 23.8 Å². The number of thiophene rings is 1. The number of nitrogens with two attached hydrogens (primary N) is 1. The Hall–Kier alpha value is -2.94. The van der Waals surface area contributed by atoms with E-state index in [0.29, 0.717) is 10.4 Å². The van der Waals surface area contributed by atoms with Gasteiger partial charge in [-0.2, -0.15) is 0 Å². The number of nitrogens with one attached hydrogen (secondary N) is 2. The number of carbonyl (C=O) groups excluding carboxylic acids is 3. The van der Waals surface area contributed by atoms with Crippen LogP contribution in [0.5, 0.6) is 0 Å². The van der Waals surface area contributed by atoms with Crippen molar-refractivity contribution in [1.29, 1.82) is 0 Å². The third kappa shape index (κ3) is 4.04. The molecule has 1 aromatic carbocycles. The van der Waals surface area contributed by atoms with Crippen molar-refractivity contribution in [2.45, 2.75) is 0 Å². The predicted molar refractivity (Wildman–Crippen MR) is 82.8 cm³/mol. The standard InChI is InChI=1S/C14H12FN3O4S/c1-17-14(21)18-11-9(12(19)22-13(16)20)6-10(23-11)7-2-4-8(15)5-3-7/h2-6H,1H3,(H2,16,20)(H2,17,18,21). The first-order valence-electron chi connectivity index (χ1n) is 6.31. The van der Waals surface area contributed by atoms with Crippen LogP contribution in [0.2, 0.25) is 0 Å². The Morgan fingerprint density at radius 3 is 2.43 bits per heavy atom. The number of esters is 1. The molecule has 0 radical (unpaired) electrons. The van der Waals surface area contributed by atoms with E-state index in [1.54, 1.807) is 0 Å². The van der Waals surface area contributed by atoms with Gasteiger partial charge in [-0.1, -0.05) is 12.1 Å².